The molecule has 2 unspecified atom stereocenters. The molecular formula is C27H35FN4O2. The van der Waals surface area contributed by atoms with E-state index in [2.05, 4.69) is 44.3 Å². The number of ether oxygens (including phenoxy) is 1. The molecule has 2 aromatic carbocycles. The monoisotopic (exact) mass is 466 g/mol. The van der Waals surface area contributed by atoms with Crippen LogP contribution in [0.25, 0.3) is 0 Å². The van der Waals surface area contributed by atoms with Crippen molar-refractivity contribution in [2.24, 2.45) is 5.92 Å². The Kier molecular flexibility index (Phi) is 7.42. The molecule has 0 aliphatic carbocycles. The molecule has 2 saturated heterocycles. The molecule has 3 aliphatic heterocycles. The van der Waals surface area contributed by atoms with Crippen LogP contribution in [0.3, 0.4) is 0 Å². The Labute approximate surface area is 201 Å². The van der Waals surface area contributed by atoms with Crippen LogP contribution in [0.1, 0.15) is 17.5 Å². The maximum atomic E-state index is 13.4. The summed E-state index contributed by atoms with van der Waals surface area (Å²) in [7, 11) is 0. The van der Waals surface area contributed by atoms with Crippen LogP contribution in [-0.2, 0) is 22.5 Å². The number of halogens is 1. The Bertz CT molecular complexity index is 963. The van der Waals surface area contributed by atoms with Crippen molar-refractivity contribution < 1.29 is 13.9 Å². The topological polar surface area (TPSA) is 48.1 Å². The zero-order valence-corrected chi connectivity index (χ0v) is 19.8. The summed E-state index contributed by atoms with van der Waals surface area (Å²) in [5.41, 5.74) is 3.64. The molecular weight excluding hydrogens is 431 g/mol. The summed E-state index contributed by atoms with van der Waals surface area (Å²) in [5, 5.41) is 3.24. The highest BCUT2D eigenvalue weighted by atomic mass is 19.1. The first-order chi connectivity index (χ1) is 16.7. The predicted octanol–water partition coefficient (Wildman–Crippen LogP) is 2.53. The highest BCUT2D eigenvalue weighted by molar-refractivity contribution is 5.82. The van der Waals surface area contributed by atoms with Crippen molar-refractivity contribution in [1.29, 1.82) is 0 Å². The summed E-state index contributed by atoms with van der Waals surface area (Å²) in [6.45, 7) is 8.71. The van der Waals surface area contributed by atoms with E-state index in [4.69, 9.17) is 4.74 Å². The van der Waals surface area contributed by atoms with Crippen molar-refractivity contribution in [2.75, 3.05) is 63.9 Å². The van der Waals surface area contributed by atoms with E-state index in [1.54, 1.807) is 0 Å². The van der Waals surface area contributed by atoms with Gasteiger partial charge in [0.1, 0.15) is 5.82 Å². The lowest BCUT2D eigenvalue weighted by molar-refractivity contribution is -0.126. The maximum absolute atomic E-state index is 13.4. The first kappa shape index (κ1) is 23.3. The number of benzene rings is 2. The number of morpholine rings is 1. The third-order valence-electron chi connectivity index (χ3n) is 7.42. The minimum Gasteiger partial charge on any atom is -0.379 e. The molecule has 0 bridgehead atoms. The van der Waals surface area contributed by atoms with Gasteiger partial charge in [-0.15, -0.1) is 0 Å². The first-order valence-corrected chi connectivity index (χ1v) is 12.6. The van der Waals surface area contributed by atoms with E-state index in [1.165, 1.54) is 23.4 Å². The molecule has 2 aromatic rings. The second-order valence-electron chi connectivity index (χ2n) is 9.66. The van der Waals surface area contributed by atoms with E-state index in [0.717, 1.165) is 77.4 Å². The van der Waals surface area contributed by atoms with Crippen molar-refractivity contribution in [3.63, 3.8) is 0 Å². The fourth-order valence-electron chi connectivity index (χ4n) is 5.58. The Hall–Kier alpha value is -2.48. The van der Waals surface area contributed by atoms with Gasteiger partial charge in [-0.25, -0.2) is 4.39 Å². The average Bonchev–Trinajstić information content (AvgIpc) is 2.88. The van der Waals surface area contributed by atoms with Crippen LogP contribution >= 0.6 is 0 Å². The van der Waals surface area contributed by atoms with E-state index < -0.39 is 0 Å². The second-order valence-corrected chi connectivity index (χ2v) is 9.66. The summed E-state index contributed by atoms with van der Waals surface area (Å²) < 4.78 is 18.7. The molecule has 3 heterocycles. The van der Waals surface area contributed by atoms with Gasteiger partial charge in [-0.05, 0) is 48.7 Å². The fraction of sp³-hybridized carbons (Fsp3) is 0.519. The number of amides is 1. The van der Waals surface area contributed by atoms with Crippen molar-refractivity contribution in [3.05, 3.63) is 65.5 Å². The van der Waals surface area contributed by atoms with Gasteiger partial charge in [0.15, 0.2) is 0 Å². The largest absolute Gasteiger partial charge is 0.379 e. The van der Waals surface area contributed by atoms with Gasteiger partial charge in [-0.2, -0.15) is 0 Å². The SMILES string of the molecule is O=C(NCCCN1CCOCC1)C1Cc2ccccc2N2CCN(Cc3ccc(F)cc3)CC12. The smallest absolute Gasteiger partial charge is 0.225 e. The van der Waals surface area contributed by atoms with Gasteiger partial charge >= 0.3 is 0 Å². The maximum Gasteiger partial charge on any atom is 0.225 e. The summed E-state index contributed by atoms with van der Waals surface area (Å²) >= 11 is 0. The van der Waals surface area contributed by atoms with Crippen LogP contribution in [0.5, 0.6) is 0 Å². The van der Waals surface area contributed by atoms with Gasteiger partial charge in [0, 0.05) is 51.5 Å². The number of hydrogen-bond acceptors (Lipinski definition) is 5. The highest BCUT2D eigenvalue weighted by Gasteiger charge is 2.41. The molecule has 3 aliphatic rings. The number of anilines is 1. The molecule has 182 valence electrons. The number of para-hydroxylation sites is 1. The zero-order valence-electron chi connectivity index (χ0n) is 19.8. The van der Waals surface area contributed by atoms with Crippen molar-refractivity contribution in [2.45, 2.75) is 25.4 Å². The summed E-state index contributed by atoms with van der Waals surface area (Å²) in [6.07, 6.45) is 1.73. The lowest BCUT2D eigenvalue weighted by atomic mass is 9.83. The van der Waals surface area contributed by atoms with Gasteiger partial charge < -0.3 is 15.0 Å². The summed E-state index contributed by atoms with van der Waals surface area (Å²) in [5.74, 6) is -0.118. The third-order valence-corrected chi connectivity index (χ3v) is 7.42. The number of hydrogen-bond donors (Lipinski definition) is 1. The lowest BCUT2D eigenvalue weighted by Crippen LogP contribution is -2.61. The van der Waals surface area contributed by atoms with Crippen molar-refractivity contribution >= 4 is 11.6 Å². The van der Waals surface area contributed by atoms with Crippen LogP contribution in [-0.4, -0.2) is 80.8 Å². The minimum absolute atomic E-state index is 0.0747. The Morgan fingerprint density at radius 2 is 1.79 bits per heavy atom. The van der Waals surface area contributed by atoms with Gasteiger partial charge in [0.2, 0.25) is 5.91 Å². The van der Waals surface area contributed by atoms with E-state index in [-0.39, 0.29) is 23.7 Å². The average molecular weight is 467 g/mol. The predicted molar refractivity (Wildman–Crippen MR) is 131 cm³/mol. The molecule has 34 heavy (non-hydrogen) atoms. The van der Waals surface area contributed by atoms with Crippen LogP contribution in [0.15, 0.2) is 48.5 Å². The second kappa shape index (κ2) is 10.8. The van der Waals surface area contributed by atoms with E-state index >= 15 is 0 Å². The third kappa shape index (κ3) is 5.43. The summed E-state index contributed by atoms with van der Waals surface area (Å²) in [4.78, 5) is 20.6. The molecule has 6 nitrogen and oxygen atoms in total. The van der Waals surface area contributed by atoms with Crippen LogP contribution in [0, 0.1) is 11.7 Å². The number of nitrogens with zero attached hydrogens (tertiary/aromatic N) is 3. The number of piperazine rings is 1. The molecule has 0 spiro atoms. The zero-order chi connectivity index (χ0) is 23.3. The van der Waals surface area contributed by atoms with Crippen LogP contribution < -0.4 is 10.2 Å². The molecule has 0 saturated carbocycles. The molecule has 2 atom stereocenters. The summed E-state index contributed by atoms with van der Waals surface area (Å²) in [6, 6.07) is 15.4. The van der Waals surface area contributed by atoms with Gasteiger partial charge in [-0.3, -0.25) is 14.6 Å². The number of rotatable bonds is 7. The molecule has 7 heteroatoms. The number of carbonyl (C=O) groups excluding carboxylic acids is 1. The molecule has 0 radical (unpaired) electrons. The number of nitrogens with one attached hydrogen (secondary N) is 1. The van der Waals surface area contributed by atoms with E-state index in [1.807, 2.05) is 12.1 Å². The fourth-order valence-corrected chi connectivity index (χ4v) is 5.58. The molecule has 2 fully saturated rings. The Balaban J connectivity index is 1.23. The standard InChI is InChI=1S/C27H35FN4O2/c28-23-8-6-21(7-9-23)19-31-12-13-32-25-5-2-1-4-22(25)18-24(26(32)20-31)27(33)29-10-3-11-30-14-16-34-17-15-30/h1-2,4-9,24,26H,3,10-20H2,(H,29,33). The molecule has 1 amide bonds. The lowest BCUT2D eigenvalue weighted by Gasteiger charge is -2.49. The number of fused-ring (bicyclic) bond motifs is 3. The normalized spacial score (nSPS) is 23.3. The Morgan fingerprint density at radius 1 is 1.00 bits per heavy atom. The van der Waals surface area contributed by atoms with Crippen LogP contribution in [0.2, 0.25) is 0 Å². The van der Waals surface area contributed by atoms with Gasteiger partial charge in [0.25, 0.3) is 0 Å². The quantitative estimate of drug-likeness (QED) is 0.636. The Morgan fingerprint density at radius 3 is 2.62 bits per heavy atom. The van der Waals surface area contributed by atoms with Crippen molar-refractivity contribution in [1.82, 2.24) is 15.1 Å². The number of carbonyl (C=O) groups is 1. The van der Waals surface area contributed by atoms with Gasteiger partial charge in [0.05, 0.1) is 25.2 Å². The molecule has 5 rings (SSSR count). The minimum atomic E-state index is -0.206. The molecule has 0 aromatic heterocycles. The van der Waals surface area contributed by atoms with Gasteiger partial charge in [-0.1, -0.05) is 30.3 Å². The van der Waals surface area contributed by atoms with E-state index in [0.29, 0.717) is 6.54 Å². The highest BCUT2D eigenvalue weighted by Crippen LogP contribution is 2.36. The first-order valence-electron chi connectivity index (χ1n) is 12.6. The molecule has 1 N–H and O–H groups in total. The van der Waals surface area contributed by atoms with Crippen LogP contribution in [0.4, 0.5) is 10.1 Å². The van der Waals surface area contributed by atoms with Crippen molar-refractivity contribution in [3.8, 4) is 0 Å². The van der Waals surface area contributed by atoms with E-state index in [9.17, 15) is 9.18 Å².